The van der Waals surface area contributed by atoms with Gasteiger partial charge in [-0.15, -0.1) is 0 Å². The third-order valence-electron chi connectivity index (χ3n) is 7.16. The second-order valence-corrected chi connectivity index (χ2v) is 11.6. The van der Waals surface area contributed by atoms with Crippen LogP contribution in [0.15, 0.2) is 69.0 Å². The van der Waals surface area contributed by atoms with Gasteiger partial charge < -0.3 is 14.8 Å². The summed E-state index contributed by atoms with van der Waals surface area (Å²) >= 11 is 9.31. The average Bonchev–Trinajstić information content (AvgIpc) is 3.01. The monoisotopic (exact) mass is 681 g/mol. The van der Waals surface area contributed by atoms with Gasteiger partial charge in [0.15, 0.2) is 12.4 Å². The van der Waals surface area contributed by atoms with Crippen LogP contribution >= 0.6 is 27.5 Å². The fourth-order valence-corrected chi connectivity index (χ4v) is 5.61. The van der Waals surface area contributed by atoms with Crippen LogP contribution in [0.3, 0.4) is 0 Å². The number of hydrogen-bond donors (Lipinski definition) is 1. The van der Waals surface area contributed by atoms with Gasteiger partial charge in [0, 0.05) is 32.7 Å². The van der Waals surface area contributed by atoms with Gasteiger partial charge in [-0.1, -0.05) is 46.8 Å². The van der Waals surface area contributed by atoms with Crippen molar-refractivity contribution < 1.29 is 19.2 Å². The van der Waals surface area contributed by atoms with Crippen molar-refractivity contribution in [1.82, 2.24) is 9.66 Å². The van der Waals surface area contributed by atoms with Crippen LogP contribution in [0.2, 0.25) is 5.02 Å². The van der Waals surface area contributed by atoms with Crippen LogP contribution in [-0.4, -0.2) is 39.9 Å². The summed E-state index contributed by atoms with van der Waals surface area (Å²) in [4.78, 5) is 42.5. The summed E-state index contributed by atoms with van der Waals surface area (Å²) in [6, 6.07) is 14.6. The maximum atomic E-state index is 13.7. The highest BCUT2D eigenvalue weighted by molar-refractivity contribution is 9.10. The van der Waals surface area contributed by atoms with E-state index in [1.165, 1.54) is 23.0 Å². The lowest BCUT2D eigenvalue weighted by Gasteiger charge is -2.22. The fraction of sp³-hybridized carbons (Fsp3) is 0.290. The Kier molecular flexibility index (Phi) is 9.91. The lowest BCUT2D eigenvalue weighted by Crippen LogP contribution is -2.25. The molecule has 1 amide bonds. The number of hydrogen-bond acceptors (Lipinski definition) is 8. The van der Waals surface area contributed by atoms with E-state index in [1.807, 2.05) is 6.07 Å². The van der Waals surface area contributed by atoms with E-state index in [-0.39, 0.29) is 29.6 Å². The number of nitrogens with one attached hydrogen (secondary N) is 1. The second kappa shape index (κ2) is 14.0. The Bertz CT molecular complexity index is 1790. The molecule has 1 fully saturated rings. The van der Waals surface area contributed by atoms with Crippen molar-refractivity contribution >= 4 is 61.9 Å². The predicted octanol–water partition coefficient (Wildman–Crippen LogP) is 7.07. The topological polar surface area (TPSA) is 138 Å². The molecular weight excluding hydrogens is 654 g/mol. The SMILES string of the molecule is CCOc1cc(C=Nn2c(C3CCCCC3)nc3ccc(Br)cc3c2=O)cc([N+](=O)[O-])c1OCC(=O)Nc1ccc(Cl)cc1. The first kappa shape index (κ1) is 31.1. The zero-order valence-corrected chi connectivity index (χ0v) is 26.1. The zero-order chi connectivity index (χ0) is 31.2. The minimum Gasteiger partial charge on any atom is -0.490 e. The minimum atomic E-state index is -0.624. The van der Waals surface area contributed by atoms with Gasteiger partial charge in [-0.2, -0.15) is 9.78 Å². The molecule has 1 aliphatic carbocycles. The molecule has 0 unspecified atom stereocenters. The zero-order valence-electron chi connectivity index (χ0n) is 23.8. The highest BCUT2D eigenvalue weighted by Crippen LogP contribution is 2.38. The first-order chi connectivity index (χ1) is 21.2. The Balaban J connectivity index is 1.48. The van der Waals surface area contributed by atoms with Crippen LogP contribution in [0.5, 0.6) is 11.5 Å². The van der Waals surface area contributed by atoms with Crippen LogP contribution < -0.4 is 20.3 Å². The summed E-state index contributed by atoms with van der Waals surface area (Å²) in [5.74, 6) is -0.0445. The molecule has 5 rings (SSSR count). The molecule has 3 aromatic carbocycles. The van der Waals surface area contributed by atoms with E-state index in [9.17, 15) is 19.7 Å². The fourth-order valence-electron chi connectivity index (χ4n) is 5.12. The van der Waals surface area contributed by atoms with Crippen molar-refractivity contribution in [2.24, 2.45) is 5.10 Å². The normalized spacial score (nSPS) is 13.7. The molecule has 228 valence electrons. The molecule has 1 N–H and O–H groups in total. The molecule has 11 nitrogen and oxygen atoms in total. The number of aromatic nitrogens is 2. The summed E-state index contributed by atoms with van der Waals surface area (Å²) in [7, 11) is 0. The van der Waals surface area contributed by atoms with Gasteiger partial charge in [0.2, 0.25) is 5.75 Å². The van der Waals surface area contributed by atoms with Crippen LogP contribution in [0.4, 0.5) is 11.4 Å². The molecule has 0 aliphatic heterocycles. The van der Waals surface area contributed by atoms with Crippen molar-refractivity contribution in [3.05, 3.63) is 95.9 Å². The lowest BCUT2D eigenvalue weighted by atomic mass is 9.88. The summed E-state index contributed by atoms with van der Waals surface area (Å²) in [5, 5.41) is 20.2. The molecule has 44 heavy (non-hydrogen) atoms. The minimum absolute atomic E-state index is 0.0582. The van der Waals surface area contributed by atoms with Crippen LogP contribution in [0, 0.1) is 10.1 Å². The summed E-state index contributed by atoms with van der Waals surface area (Å²) < 4.78 is 13.3. The molecule has 0 spiro atoms. The van der Waals surface area contributed by atoms with Gasteiger partial charge in [0.05, 0.1) is 28.6 Å². The van der Waals surface area contributed by atoms with E-state index in [4.69, 9.17) is 26.1 Å². The third kappa shape index (κ3) is 7.25. The van der Waals surface area contributed by atoms with Gasteiger partial charge in [-0.3, -0.25) is 19.7 Å². The Morgan fingerprint density at radius 1 is 1.16 bits per heavy atom. The summed E-state index contributed by atoms with van der Waals surface area (Å²) in [6.45, 7) is 1.40. The van der Waals surface area contributed by atoms with E-state index in [0.29, 0.717) is 33.0 Å². The number of rotatable bonds is 10. The largest absolute Gasteiger partial charge is 0.490 e. The molecule has 1 aliphatic rings. The first-order valence-electron chi connectivity index (χ1n) is 14.1. The number of halogens is 2. The van der Waals surface area contributed by atoms with Crippen molar-refractivity contribution in [2.45, 2.75) is 44.9 Å². The molecule has 13 heteroatoms. The number of anilines is 1. The van der Waals surface area contributed by atoms with Gasteiger partial charge in [-0.05, 0) is 68.3 Å². The van der Waals surface area contributed by atoms with Crippen LogP contribution in [0.25, 0.3) is 10.9 Å². The summed E-state index contributed by atoms with van der Waals surface area (Å²) in [6.07, 6.45) is 6.35. The van der Waals surface area contributed by atoms with E-state index in [1.54, 1.807) is 43.3 Å². The van der Waals surface area contributed by atoms with Crippen molar-refractivity contribution in [3.8, 4) is 11.5 Å². The number of carbonyl (C=O) groups is 1. The molecular formula is C31H29BrClN5O6. The highest BCUT2D eigenvalue weighted by Gasteiger charge is 2.25. The van der Waals surface area contributed by atoms with Crippen LogP contribution in [-0.2, 0) is 4.79 Å². The third-order valence-corrected chi connectivity index (χ3v) is 7.90. The van der Waals surface area contributed by atoms with Gasteiger partial charge in [0.25, 0.3) is 11.5 Å². The van der Waals surface area contributed by atoms with E-state index < -0.39 is 23.1 Å². The van der Waals surface area contributed by atoms with Crippen LogP contribution in [0.1, 0.15) is 56.3 Å². The van der Waals surface area contributed by atoms with Gasteiger partial charge in [0.1, 0.15) is 5.82 Å². The number of nitro groups is 1. The smallest absolute Gasteiger partial charge is 0.315 e. The number of fused-ring (bicyclic) bond motifs is 1. The Morgan fingerprint density at radius 3 is 2.61 bits per heavy atom. The maximum absolute atomic E-state index is 13.7. The summed E-state index contributed by atoms with van der Waals surface area (Å²) in [5.41, 5.74) is 0.624. The number of benzene rings is 3. The second-order valence-electron chi connectivity index (χ2n) is 10.2. The number of carbonyl (C=O) groups excluding carboxylic acids is 1. The Hall–Kier alpha value is -4.29. The van der Waals surface area contributed by atoms with Gasteiger partial charge in [-0.25, -0.2) is 4.98 Å². The average molecular weight is 683 g/mol. The van der Waals surface area contributed by atoms with E-state index in [2.05, 4.69) is 26.3 Å². The first-order valence-corrected chi connectivity index (χ1v) is 15.3. The molecule has 1 heterocycles. The molecule has 1 saturated carbocycles. The number of nitro benzene ring substituents is 1. The van der Waals surface area contributed by atoms with Crippen molar-refractivity contribution in [3.63, 3.8) is 0 Å². The molecule has 0 saturated heterocycles. The number of nitrogens with zero attached hydrogens (tertiary/aromatic N) is 4. The predicted molar refractivity (Wildman–Crippen MR) is 172 cm³/mol. The highest BCUT2D eigenvalue weighted by atomic mass is 79.9. The molecule has 0 bridgehead atoms. The number of amides is 1. The quantitative estimate of drug-likeness (QED) is 0.107. The lowest BCUT2D eigenvalue weighted by molar-refractivity contribution is -0.385. The van der Waals surface area contributed by atoms with Gasteiger partial charge >= 0.3 is 5.69 Å². The Morgan fingerprint density at radius 2 is 1.91 bits per heavy atom. The van der Waals surface area contributed by atoms with Crippen molar-refractivity contribution in [2.75, 3.05) is 18.5 Å². The molecule has 0 atom stereocenters. The van der Waals surface area contributed by atoms with E-state index in [0.717, 1.165) is 36.6 Å². The maximum Gasteiger partial charge on any atom is 0.315 e. The standard InChI is InChI=1S/C31H29BrClN5O6/c1-2-43-27-15-19(14-26(38(41)42)29(27)44-18-28(39)35-23-11-9-22(33)10-12-23)17-34-37-30(20-6-4-3-5-7-20)36-25-13-8-21(32)16-24(25)31(37)40/h8-17,20H,2-7,18H2,1H3,(H,35,39). The van der Waals surface area contributed by atoms with Crippen molar-refractivity contribution in [1.29, 1.82) is 0 Å². The number of ether oxygens (including phenoxy) is 2. The molecule has 1 aromatic heterocycles. The molecule has 0 radical (unpaired) electrons. The molecule has 4 aromatic rings. The Labute approximate surface area is 266 Å². The van der Waals surface area contributed by atoms with E-state index >= 15 is 0 Å².